The van der Waals surface area contributed by atoms with Crippen LogP contribution in [0.3, 0.4) is 0 Å². The molecule has 1 rings (SSSR count). The van der Waals surface area contributed by atoms with Gasteiger partial charge in [-0.25, -0.2) is 0 Å². The largest absolute Gasteiger partial charge is 0.282 e. The van der Waals surface area contributed by atoms with E-state index in [1.165, 1.54) is 0 Å². The summed E-state index contributed by atoms with van der Waals surface area (Å²) in [6.07, 6.45) is 0. The normalized spacial score (nSPS) is 9.73. The van der Waals surface area contributed by atoms with E-state index in [4.69, 9.17) is 11.6 Å². The Morgan fingerprint density at radius 1 is 1.55 bits per heavy atom. The minimum Gasteiger partial charge on any atom is -0.282 e. The van der Waals surface area contributed by atoms with Crippen LogP contribution >= 0.6 is 24.2 Å². The molecule has 11 heavy (non-hydrogen) atoms. The third kappa shape index (κ3) is 1.98. The quantitative estimate of drug-likeness (QED) is 0.668. The first kappa shape index (κ1) is 8.62. The molecule has 0 unspecified atom stereocenters. The summed E-state index contributed by atoms with van der Waals surface area (Å²) in [6.45, 7) is 1.85. The Morgan fingerprint density at radius 2 is 2.18 bits per heavy atom. The highest BCUT2D eigenvalue weighted by molar-refractivity contribution is 7.97. The van der Waals surface area contributed by atoms with Gasteiger partial charge in [-0.2, -0.15) is 0 Å². The molecule has 0 fully saturated rings. The molecule has 0 aliphatic carbocycles. The van der Waals surface area contributed by atoms with Crippen LogP contribution < -0.4 is 0 Å². The summed E-state index contributed by atoms with van der Waals surface area (Å²) in [5.74, 6) is 0. The Balaban J connectivity index is 3.23. The summed E-state index contributed by atoms with van der Waals surface area (Å²) in [6, 6.07) is 5.16. The maximum Gasteiger partial charge on any atom is 0.216 e. The lowest BCUT2D eigenvalue weighted by atomic mass is 10.1. The first-order valence-corrected chi connectivity index (χ1v) is 3.93. The predicted molar refractivity (Wildman–Crippen MR) is 49.5 cm³/mol. The van der Waals surface area contributed by atoms with Crippen molar-refractivity contribution in [2.45, 2.75) is 6.92 Å². The molecule has 0 spiro atoms. The number of rotatable bonds is 1. The molecule has 1 aromatic carbocycles. The second-order valence-corrected chi connectivity index (χ2v) is 3.11. The topological polar surface area (TPSA) is 17.1 Å². The molecule has 0 aliphatic rings. The van der Waals surface area contributed by atoms with E-state index < -0.39 is 0 Å². The Hall–Kier alpha value is -0.470. The zero-order valence-electron chi connectivity index (χ0n) is 5.97. The van der Waals surface area contributed by atoms with Crippen LogP contribution in [0, 0.1) is 6.92 Å². The second-order valence-electron chi connectivity index (χ2n) is 2.26. The molecular formula is C8H7ClOS. The molecule has 58 valence electrons. The fraction of sp³-hybridized carbons (Fsp3) is 0.125. The standard InChI is InChI=1S/C8H7ClOS/c1-5-2-3-6(9)4-7(5)8(10)11/h2-4H,1H3,(H,10,11). The van der Waals surface area contributed by atoms with Gasteiger partial charge >= 0.3 is 0 Å². The third-order valence-corrected chi connectivity index (χ3v) is 1.91. The molecule has 0 saturated carbocycles. The monoisotopic (exact) mass is 186 g/mol. The van der Waals surface area contributed by atoms with E-state index in [-0.39, 0.29) is 5.12 Å². The van der Waals surface area contributed by atoms with Crippen LogP contribution in [-0.2, 0) is 0 Å². The zero-order valence-corrected chi connectivity index (χ0v) is 7.62. The molecule has 0 amide bonds. The van der Waals surface area contributed by atoms with Crippen molar-refractivity contribution in [3.8, 4) is 0 Å². The average Bonchev–Trinajstić information content (AvgIpc) is 1.94. The number of hydrogen-bond acceptors (Lipinski definition) is 1. The molecule has 3 heteroatoms. The van der Waals surface area contributed by atoms with Crippen LogP contribution in [0.5, 0.6) is 0 Å². The third-order valence-electron chi connectivity index (χ3n) is 1.43. The zero-order chi connectivity index (χ0) is 8.43. The molecule has 0 heterocycles. The van der Waals surface area contributed by atoms with Gasteiger partial charge in [0.05, 0.1) is 0 Å². The highest BCUT2D eigenvalue weighted by Gasteiger charge is 2.03. The minimum atomic E-state index is -0.245. The van der Waals surface area contributed by atoms with Crippen molar-refractivity contribution in [3.63, 3.8) is 0 Å². The van der Waals surface area contributed by atoms with E-state index in [0.717, 1.165) is 5.56 Å². The Labute approximate surface area is 75.8 Å². The van der Waals surface area contributed by atoms with Crippen LogP contribution in [0.1, 0.15) is 15.9 Å². The number of carbonyl (C=O) groups excluding carboxylic acids is 1. The predicted octanol–water partition coefficient (Wildman–Crippen LogP) is 2.72. The van der Waals surface area contributed by atoms with Crippen molar-refractivity contribution < 1.29 is 4.79 Å². The van der Waals surface area contributed by atoms with Gasteiger partial charge < -0.3 is 0 Å². The summed E-state index contributed by atoms with van der Waals surface area (Å²) in [5.41, 5.74) is 1.47. The summed E-state index contributed by atoms with van der Waals surface area (Å²) in [4.78, 5) is 10.8. The molecule has 0 aromatic heterocycles. The van der Waals surface area contributed by atoms with E-state index in [0.29, 0.717) is 10.6 Å². The first-order valence-electron chi connectivity index (χ1n) is 3.10. The van der Waals surface area contributed by atoms with Gasteiger partial charge in [-0.05, 0) is 24.6 Å². The van der Waals surface area contributed by atoms with Crippen molar-refractivity contribution in [2.24, 2.45) is 0 Å². The summed E-state index contributed by atoms with van der Waals surface area (Å²) < 4.78 is 0. The number of hydrogen-bond donors (Lipinski definition) is 1. The first-order chi connectivity index (χ1) is 5.11. The van der Waals surface area contributed by atoms with Crippen molar-refractivity contribution in [1.82, 2.24) is 0 Å². The molecule has 0 bridgehead atoms. The van der Waals surface area contributed by atoms with E-state index in [9.17, 15) is 4.79 Å². The lowest BCUT2D eigenvalue weighted by Crippen LogP contribution is -1.92. The van der Waals surface area contributed by atoms with Gasteiger partial charge in [0.25, 0.3) is 0 Å². The molecular weight excluding hydrogens is 180 g/mol. The van der Waals surface area contributed by atoms with Crippen molar-refractivity contribution in [2.75, 3.05) is 0 Å². The summed E-state index contributed by atoms with van der Waals surface area (Å²) >= 11 is 9.38. The van der Waals surface area contributed by atoms with Gasteiger partial charge in [0, 0.05) is 10.6 Å². The van der Waals surface area contributed by atoms with Crippen molar-refractivity contribution in [1.29, 1.82) is 0 Å². The number of carbonyl (C=O) groups is 1. The number of thiol groups is 1. The van der Waals surface area contributed by atoms with E-state index >= 15 is 0 Å². The molecule has 0 N–H and O–H groups in total. The Morgan fingerprint density at radius 3 is 2.64 bits per heavy atom. The number of halogens is 1. The fourth-order valence-corrected chi connectivity index (χ4v) is 1.24. The lowest BCUT2D eigenvalue weighted by molar-refractivity contribution is 0.109. The average molecular weight is 187 g/mol. The molecule has 0 atom stereocenters. The number of benzene rings is 1. The number of aryl methyl sites for hydroxylation is 1. The second kappa shape index (κ2) is 3.28. The molecule has 0 saturated heterocycles. The van der Waals surface area contributed by atoms with Crippen LogP contribution in [-0.4, -0.2) is 5.12 Å². The van der Waals surface area contributed by atoms with Crippen LogP contribution in [0.15, 0.2) is 18.2 Å². The van der Waals surface area contributed by atoms with Gasteiger partial charge in [-0.15, -0.1) is 12.6 Å². The molecule has 0 radical (unpaired) electrons. The van der Waals surface area contributed by atoms with Gasteiger partial charge in [-0.3, -0.25) is 4.79 Å². The lowest BCUT2D eigenvalue weighted by Gasteiger charge is -1.99. The van der Waals surface area contributed by atoms with Gasteiger partial charge in [0.1, 0.15) is 0 Å². The maximum absolute atomic E-state index is 10.8. The summed E-state index contributed by atoms with van der Waals surface area (Å²) in [5, 5.41) is 0.318. The Kier molecular flexibility index (Phi) is 2.58. The highest BCUT2D eigenvalue weighted by Crippen LogP contribution is 2.16. The van der Waals surface area contributed by atoms with Crippen molar-refractivity contribution >= 4 is 29.3 Å². The highest BCUT2D eigenvalue weighted by atomic mass is 35.5. The van der Waals surface area contributed by atoms with E-state index in [2.05, 4.69) is 12.6 Å². The molecule has 1 aromatic rings. The van der Waals surface area contributed by atoms with E-state index in [1.807, 2.05) is 6.92 Å². The van der Waals surface area contributed by atoms with Gasteiger partial charge in [0.15, 0.2) is 0 Å². The SMILES string of the molecule is Cc1ccc(Cl)cc1C(=O)S. The summed E-state index contributed by atoms with van der Waals surface area (Å²) in [7, 11) is 0. The van der Waals surface area contributed by atoms with E-state index in [1.54, 1.807) is 18.2 Å². The Bertz CT molecular complexity index is 296. The van der Waals surface area contributed by atoms with Crippen LogP contribution in [0.25, 0.3) is 0 Å². The van der Waals surface area contributed by atoms with Gasteiger partial charge in [-0.1, -0.05) is 17.7 Å². The smallest absolute Gasteiger partial charge is 0.216 e. The van der Waals surface area contributed by atoms with Crippen LogP contribution in [0.4, 0.5) is 0 Å². The fourth-order valence-electron chi connectivity index (χ4n) is 0.825. The molecule has 1 nitrogen and oxygen atoms in total. The van der Waals surface area contributed by atoms with Crippen LogP contribution in [0.2, 0.25) is 5.02 Å². The minimum absolute atomic E-state index is 0.245. The maximum atomic E-state index is 10.8. The molecule has 0 aliphatic heterocycles. The van der Waals surface area contributed by atoms with Crippen molar-refractivity contribution in [3.05, 3.63) is 34.3 Å². The van der Waals surface area contributed by atoms with Gasteiger partial charge in [0.2, 0.25) is 5.12 Å².